The van der Waals surface area contributed by atoms with E-state index in [-0.39, 0.29) is 24.7 Å². The highest BCUT2D eigenvalue weighted by molar-refractivity contribution is 5.30. The molecule has 0 radical (unpaired) electrons. The van der Waals surface area contributed by atoms with Gasteiger partial charge >= 0.3 is 6.18 Å². The number of hydrogen-bond donors (Lipinski definition) is 1. The molecule has 118 valence electrons. The van der Waals surface area contributed by atoms with E-state index >= 15 is 0 Å². The SMILES string of the molecule is Cc1cc(CNC2CCCC(C(F)(F)F)C2)cc(C)c1F. The molecule has 1 fully saturated rings. The number of alkyl halides is 3. The second-order valence-corrected chi connectivity index (χ2v) is 6.03. The maximum atomic E-state index is 13.5. The molecule has 5 heteroatoms. The van der Waals surface area contributed by atoms with Gasteiger partial charge in [0.15, 0.2) is 0 Å². The van der Waals surface area contributed by atoms with Crippen molar-refractivity contribution in [2.24, 2.45) is 5.92 Å². The van der Waals surface area contributed by atoms with Crippen molar-refractivity contribution in [1.82, 2.24) is 5.32 Å². The molecular formula is C16H21F4N. The molecule has 1 N–H and O–H groups in total. The molecule has 0 aliphatic heterocycles. The van der Waals surface area contributed by atoms with E-state index in [1.165, 1.54) is 0 Å². The van der Waals surface area contributed by atoms with E-state index in [1.807, 2.05) is 0 Å². The zero-order valence-corrected chi connectivity index (χ0v) is 12.4. The average Bonchev–Trinajstić information content (AvgIpc) is 2.42. The van der Waals surface area contributed by atoms with Crippen LogP contribution in [0.5, 0.6) is 0 Å². The minimum absolute atomic E-state index is 0.115. The first-order valence-corrected chi connectivity index (χ1v) is 7.33. The molecule has 2 atom stereocenters. The third-order valence-corrected chi connectivity index (χ3v) is 4.23. The summed E-state index contributed by atoms with van der Waals surface area (Å²) >= 11 is 0. The van der Waals surface area contributed by atoms with Crippen LogP contribution in [0.3, 0.4) is 0 Å². The van der Waals surface area contributed by atoms with Crippen molar-refractivity contribution in [3.63, 3.8) is 0 Å². The van der Waals surface area contributed by atoms with E-state index in [2.05, 4.69) is 5.32 Å². The summed E-state index contributed by atoms with van der Waals surface area (Å²) in [6.45, 7) is 3.88. The second kappa shape index (κ2) is 6.34. The molecule has 1 aliphatic carbocycles. The number of benzene rings is 1. The molecule has 0 spiro atoms. The first-order chi connectivity index (χ1) is 9.77. The molecule has 0 aromatic heterocycles. The van der Waals surface area contributed by atoms with Crippen molar-refractivity contribution < 1.29 is 17.6 Å². The minimum Gasteiger partial charge on any atom is -0.310 e. The van der Waals surface area contributed by atoms with E-state index in [1.54, 1.807) is 26.0 Å². The summed E-state index contributed by atoms with van der Waals surface area (Å²) in [5.74, 6) is -1.41. The lowest BCUT2D eigenvalue weighted by atomic mass is 9.85. The third-order valence-electron chi connectivity index (χ3n) is 4.23. The summed E-state index contributed by atoms with van der Waals surface area (Å²) in [7, 11) is 0. The van der Waals surface area contributed by atoms with Gasteiger partial charge in [0.25, 0.3) is 0 Å². The van der Waals surface area contributed by atoms with Crippen LogP contribution >= 0.6 is 0 Å². The Morgan fingerprint density at radius 3 is 2.33 bits per heavy atom. The monoisotopic (exact) mass is 303 g/mol. The Labute approximate surface area is 122 Å². The van der Waals surface area contributed by atoms with Gasteiger partial charge in [-0.1, -0.05) is 18.6 Å². The van der Waals surface area contributed by atoms with Gasteiger partial charge in [-0.25, -0.2) is 4.39 Å². The van der Waals surface area contributed by atoms with Crippen LogP contribution in [0.15, 0.2) is 12.1 Å². The molecule has 1 aromatic carbocycles. The van der Waals surface area contributed by atoms with Crippen LogP contribution in [0.2, 0.25) is 0 Å². The summed E-state index contributed by atoms with van der Waals surface area (Å²) in [5.41, 5.74) is 2.06. The topological polar surface area (TPSA) is 12.0 Å². The normalized spacial score (nSPS) is 23.3. The van der Waals surface area contributed by atoms with Gasteiger partial charge in [0, 0.05) is 12.6 Å². The van der Waals surface area contributed by atoms with Gasteiger partial charge in [0.1, 0.15) is 5.82 Å². The highest BCUT2D eigenvalue weighted by Crippen LogP contribution is 2.37. The molecular weight excluding hydrogens is 282 g/mol. The van der Waals surface area contributed by atoms with E-state index in [0.29, 0.717) is 24.1 Å². The highest BCUT2D eigenvalue weighted by atomic mass is 19.4. The minimum atomic E-state index is -4.09. The van der Waals surface area contributed by atoms with E-state index in [4.69, 9.17) is 0 Å². The standard InChI is InChI=1S/C16H21F4N/c1-10-6-12(7-11(2)15(10)17)9-21-14-5-3-4-13(8-14)16(18,19)20/h6-7,13-14,21H,3-5,8-9H2,1-2H3. The Kier molecular flexibility index (Phi) is 4.91. The molecule has 0 amide bonds. The Morgan fingerprint density at radius 2 is 1.76 bits per heavy atom. The average molecular weight is 303 g/mol. The van der Waals surface area contributed by atoms with Gasteiger partial charge in [-0.05, 0) is 49.8 Å². The largest absolute Gasteiger partial charge is 0.391 e. The fourth-order valence-electron chi connectivity index (χ4n) is 3.07. The number of nitrogens with one attached hydrogen (secondary N) is 1. The fraction of sp³-hybridized carbons (Fsp3) is 0.625. The van der Waals surface area contributed by atoms with Crippen LogP contribution in [0.1, 0.15) is 42.4 Å². The van der Waals surface area contributed by atoms with E-state index < -0.39 is 12.1 Å². The lowest BCUT2D eigenvalue weighted by Gasteiger charge is -2.31. The van der Waals surface area contributed by atoms with Crippen LogP contribution in [0.25, 0.3) is 0 Å². The summed E-state index contributed by atoms with van der Waals surface area (Å²) in [6.07, 6.45) is -2.35. The molecule has 2 unspecified atom stereocenters. The van der Waals surface area contributed by atoms with Gasteiger partial charge < -0.3 is 5.32 Å². The fourth-order valence-corrected chi connectivity index (χ4v) is 3.07. The summed E-state index contributed by atoms with van der Waals surface area (Å²) < 4.78 is 51.8. The van der Waals surface area contributed by atoms with Crippen LogP contribution in [-0.4, -0.2) is 12.2 Å². The Bertz CT molecular complexity index is 473. The van der Waals surface area contributed by atoms with Crippen molar-refractivity contribution in [1.29, 1.82) is 0 Å². The first kappa shape index (κ1) is 16.3. The Morgan fingerprint density at radius 1 is 1.14 bits per heavy atom. The summed E-state index contributed by atoms with van der Waals surface area (Å²) in [4.78, 5) is 0. The van der Waals surface area contributed by atoms with Crippen molar-refractivity contribution in [2.75, 3.05) is 0 Å². The quantitative estimate of drug-likeness (QED) is 0.801. The number of hydrogen-bond acceptors (Lipinski definition) is 1. The van der Waals surface area contributed by atoms with Gasteiger partial charge in [-0.15, -0.1) is 0 Å². The molecule has 0 bridgehead atoms. The third kappa shape index (κ3) is 4.19. The second-order valence-electron chi connectivity index (χ2n) is 6.03. The van der Waals surface area contributed by atoms with Crippen molar-refractivity contribution in [3.8, 4) is 0 Å². The van der Waals surface area contributed by atoms with Crippen molar-refractivity contribution in [3.05, 3.63) is 34.6 Å². The zero-order chi connectivity index (χ0) is 15.6. The Balaban J connectivity index is 1.94. The van der Waals surface area contributed by atoms with Crippen LogP contribution < -0.4 is 5.32 Å². The molecule has 0 saturated heterocycles. The maximum Gasteiger partial charge on any atom is 0.391 e. The van der Waals surface area contributed by atoms with Gasteiger partial charge in [0.2, 0.25) is 0 Å². The van der Waals surface area contributed by atoms with E-state index in [9.17, 15) is 17.6 Å². The number of rotatable bonds is 3. The lowest BCUT2D eigenvalue weighted by molar-refractivity contribution is -0.183. The first-order valence-electron chi connectivity index (χ1n) is 7.33. The predicted molar refractivity (Wildman–Crippen MR) is 74.5 cm³/mol. The molecule has 1 saturated carbocycles. The lowest BCUT2D eigenvalue weighted by Crippen LogP contribution is -2.38. The van der Waals surface area contributed by atoms with Crippen molar-refractivity contribution >= 4 is 0 Å². The molecule has 1 aliphatic rings. The maximum absolute atomic E-state index is 13.5. The van der Waals surface area contributed by atoms with Gasteiger partial charge in [-0.3, -0.25) is 0 Å². The molecule has 2 rings (SSSR count). The predicted octanol–water partition coefficient (Wildman–Crippen LogP) is 4.65. The van der Waals surface area contributed by atoms with Crippen molar-refractivity contribution in [2.45, 2.75) is 58.3 Å². The summed E-state index contributed by atoms with van der Waals surface area (Å²) in [5, 5.41) is 3.19. The number of halogens is 4. The Hall–Kier alpha value is -1.10. The van der Waals surface area contributed by atoms with E-state index in [0.717, 1.165) is 12.0 Å². The van der Waals surface area contributed by atoms with Crippen LogP contribution in [-0.2, 0) is 6.54 Å². The van der Waals surface area contributed by atoms with Gasteiger partial charge in [0.05, 0.1) is 5.92 Å². The smallest absolute Gasteiger partial charge is 0.310 e. The molecule has 1 aromatic rings. The zero-order valence-electron chi connectivity index (χ0n) is 12.4. The van der Waals surface area contributed by atoms with Crippen LogP contribution in [0, 0.1) is 25.6 Å². The van der Waals surface area contributed by atoms with Crippen LogP contribution in [0.4, 0.5) is 17.6 Å². The highest BCUT2D eigenvalue weighted by Gasteiger charge is 2.41. The molecule has 21 heavy (non-hydrogen) atoms. The molecule has 1 nitrogen and oxygen atoms in total. The number of aryl methyl sites for hydroxylation is 2. The van der Waals surface area contributed by atoms with Gasteiger partial charge in [-0.2, -0.15) is 13.2 Å². The summed E-state index contributed by atoms with van der Waals surface area (Å²) in [6, 6.07) is 3.38. The molecule has 0 heterocycles.